The number of hydrogen-bond acceptors (Lipinski definition) is 3. The molecule has 0 spiro atoms. The van der Waals surface area contributed by atoms with Crippen LogP contribution in [0.1, 0.15) is 24.4 Å². The molecule has 23 heavy (non-hydrogen) atoms. The van der Waals surface area contributed by atoms with E-state index in [2.05, 4.69) is 15.9 Å². The summed E-state index contributed by atoms with van der Waals surface area (Å²) in [5.41, 5.74) is 8.03. The number of hydrogen-bond donors (Lipinski definition) is 1. The van der Waals surface area contributed by atoms with Gasteiger partial charge in [-0.25, -0.2) is 0 Å². The van der Waals surface area contributed by atoms with Crippen LogP contribution in [0.5, 0.6) is 5.75 Å². The zero-order valence-electron chi connectivity index (χ0n) is 12.7. The van der Waals surface area contributed by atoms with Crippen molar-refractivity contribution >= 4 is 27.5 Å². The number of para-hydroxylation sites is 2. The van der Waals surface area contributed by atoms with Crippen LogP contribution in [0, 0.1) is 0 Å². The Morgan fingerprint density at radius 2 is 1.96 bits per heavy atom. The smallest absolute Gasteiger partial charge is 0.229 e. The number of rotatable bonds is 3. The molecule has 0 aromatic heterocycles. The minimum absolute atomic E-state index is 0.0196. The predicted octanol–water partition coefficient (Wildman–Crippen LogP) is 3.65. The summed E-state index contributed by atoms with van der Waals surface area (Å²) < 4.78 is 6.64. The lowest BCUT2D eigenvalue weighted by molar-refractivity contribution is -0.119. The topological polar surface area (TPSA) is 55.6 Å². The lowest BCUT2D eigenvalue weighted by Crippen LogP contribution is -2.33. The van der Waals surface area contributed by atoms with Gasteiger partial charge in [0.05, 0.1) is 12.3 Å². The monoisotopic (exact) mass is 374 g/mol. The highest BCUT2D eigenvalue weighted by Crippen LogP contribution is 2.32. The van der Waals surface area contributed by atoms with Gasteiger partial charge in [0.1, 0.15) is 5.75 Å². The number of nitrogens with zero attached hydrogens (tertiary/aromatic N) is 1. The molecule has 120 valence electrons. The largest absolute Gasteiger partial charge is 0.491 e. The second-order valence-electron chi connectivity index (χ2n) is 5.55. The van der Waals surface area contributed by atoms with Gasteiger partial charge in [0.25, 0.3) is 0 Å². The normalized spacial score (nSPS) is 15.3. The number of amides is 1. The standard InChI is InChI=1S/C18H19BrN2O2/c19-14-7-2-1-6-13(14)15(20)12-18(22)21-10-5-11-23-17-9-4-3-8-16(17)21/h1-4,6-9,15H,5,10-12,20H2/t15-/m0/s1. The van der Waals surface area contributed by atoms with Gasteiger partial charge in [0, 0.05) is 23.5 Å². The Bertz CT molecular complexity index is 705. The van der Waals surface area contributed by atoms with Crippen LogP contribution in [0.4, 0.5) is 5.69 Å². The van der Waals surface area contributed by atoms with E-state index < -0.39 is 0 Å². The number of nitrogens with two attached hydrogens (primary N) is 1. The molecule has 1 aliphatic heterocycles. The van der Waals surface area contributed by atoms with Crippen molar-refractivity contribution < 1.29 is 9.53 Å². The zero-order valence-corrected chi connectivity index (χ0v) is 14.3. The summed E-state index contributed by atoms with van der Waals surface area (Å²) in [5, 5.41) is 0. The van der Waals surface area contributed by atoms with Crippen LogP contribution in [0.3, 0.4) is 0 Å². The molecule has 4 nitrogen and oxygen atoms in total. The number of fused-ring (bicyclic) bond motifs is 1. The van der Waals surface area contributed by atoms with Crippen molar-refractivity contribution in [2.75, 3.05) is 18.1 Å². The molecule has 0 bridgehead atoms. The Labute approximate surface area is 144 Å². The van der Waals surface area contributed by atoms with E-state index in [0.29, 0.717) is 13.2 Å². The summed E-state index contributed by atoms with van der Waals surface area (Å²) in [6.07, 6.45) is 1.07. The summed E-state index contributed by atoms with van der Waals surface area (Å²) in [6, 6.07) is 15.1. The van der Waals surface area contributed by atoms with Crippen LogP contribution in [-0.4, -0.2) is 19.1 Å². The predicted molar refractivity (Wildman–Crippen MR) is 94.6 cm³/mol. The van der Waals surface area contributed by atoms with Crippen LogP contribution in [0.25, 0.3) is 0 Å². The number of carbonyl (C=O) groups excluding carboxylic acids is 1. The van der Waals surface area contributed by atoms with Crippen molar-refractivity contribution in [3.8, 4) is 5.75 Å². The number of ether oxygens (including phenoxy) is 1. The second kappa shape index (κ2) is 7.15. The third-order valence-electron chi connectivity index (χ3n) is 3.94. The average Bonchev–Trinajstić information content (AvgIpc) is 2.77. The molecule has 1 aliphatic rings. The van der Waals surface area contributed by atoms with Gasteiger partial charge in [0.15, 0.2) is 0 Å². The van der Waals surface area contributed by atoms with E-state index in [1.165, 1.54) is 0 Å². The van der Waals surface area contributed by atoms with Gasteiger partial charge in [0.2, 0.25) is 5.91 Å². The highest BCUT2D eigenvalue weighted by atomic mass is 79.9. The lowest BCUT2D eigenvalue weighted by atomic mass is 10.0. The Morgan fingerprint density at radius 1 is 1.22 bits per heavy atom. The zero-order chi connectivity index (χ0) is 16.2. The van der Waals surface area contributed by atoms with E-state index in [-0.39, 0.29) is 18.4 Å². The molecule has 1 atom stereocenters. The van der Waals surface area contributed by atoms with Crippen molar-refractivity contribution in [1.82, 2.24) is 0 Å². The van der Waals surface area contributed by atoms with E-state index in [1.54, 1.807) is 4.90 Å². The van der Waals surface area contributed by atoms with Gasteiger partial charge in [-0.1, -0.05) is 46.3 Å². The van der Waals surface area contributed by atoms with Crippen molar-refractivity contribution in [3.05, 3.63) is 58.6 Å². The molecule has 0 unspecified atom stereocenters. The third kappa shape index (κ3) is 3.57. The summed E-state index contributed by atoms with van der Waals surface area (Å²) in [5.74, 6) is 0.777. The number of carbonyl (C=O) groups is 1. The Balaban J connectivity index is 1.79. The van der Waals surface area contributed by atoms with Gasteiger partial charge >= 0.3 is 0 Å². The average molecular weight is 375 g/mol. The SMILES string of the molecule is N[C@@H](CC(=O)N1CCCOc2ccccc21)c1ccccc1Br. The van der Waals surface area contributed by atoms with Crippen LogP contribution < -0.4 is 15.4 Å². The Morgan fingerprint density at radius 3 is 2.78 bits per heavy atom. The molecule has 0 fully saturated rings. The minimum Gasteiger partial charge on any atom is -0.491 e. The van der Waals surface area contributed by atoms with E-state index >= 15 is 0 Å². The molecule has 1 amide bonds. The summed E-state index contributed by atoms with van der Waals surface area (Å²) in [6.45, 7) is 1.27. The number of benzene rings is 2. The van der Waals surface area contributed by atoms with E-state index in [4.69, 9.17) is 10.5 Å². The van der Waals surface area contributed by atoms with Crippen LogP contribution in [-0.2, 0) is 4.79 Å². The highest BCUT2D eigenvalue weighted by molar-refractivity contribution is 9.10. The van der Waals surface area contributed by atoms with Crippen molar-refractivity contribution in [2.45, 2.75) is 18.9 Å². The molecule has 2 aromatic carbocycles. The Hall–Kier alpha value is -1.85. The quantitative estimate of drug-likeness (QED) is 0.891. The molecule has 0 radical (unpaired) electrons. The Kier molecular flexibility index (Phi) is 4.98. The molecule has 2 N–H and O–H groups in total. The lowest BCUT2D eigenvalue weighted by Gasteiger charge is -2.23. The van der Waals surface area contributed by atoms with Crippen molar-refractivity contribution in [1.29, 1.82) is 0 Å². The summed E-state index contributed by atoms with van der Waals surface area (Å²) in [4.78, 5) is 14.6. The summed E-state index contributed by atoms with van der Waals surface area (Å²) >= 11 is 3.50. The first-order chi connectivity index (χ1) is 11.2. The second-order valence-corrected chi connectivity index (χ2v) is 6.40. The first-order valence-corrected chi connectivity index (χ1v) is 8.48. The first kappa shape index (κ1) is 16.0. The molecule has 1 heterocycles. The molecule has 0 saturated heterocycles. The fraction of sp³-hybridized carbons (Fsp3) is 0.278. The molecule has 0 aliphatic carbocycles. The molecule has 2 aromatic rings. The fourth-order valence-electron chi connectivity index (χ4n) is 2.77. The van der Waals surface area contributed by atoms with E-state index in [0.717, 1.165) is 27.9 Å². The number of anilines is 1. The van der Waals surface area contributed by atoms with Gasteiger partial charge < -0.3 is 15.4 Å². The van der Waals surface area contributed by atoms with Crippen molar-refractivity contribution in [2.24, 2.45) is 5.73 Å². The number of halogens is 1. The van der Waals surface area contributed by atoms with Crippen LogP contribution in [0.15, 0.2) is 53.0 Å². The molecule has 0 saturated carbocycles. The van der Waals surface area contributed by atoms with Gasteiger partial charge in [-0.15, -0.1) is 0 Å². The molecular formula is C18H19BrN2O2. The highest BCUT2D eigenvalue weighted by Gasteiger charge is 2.24. The maximum atomic E-state index is 12.8. The van der Waals surface area contributed by atoms with Crippen LogP contribution in [0.2, 0.25) is 0 Å². The molecule has 5 heteroatoms. The third-order valence-corrected chi connectivity index (χ3v) is 4.66. The van der Waals surface area contributed by atoms with Crippen molar-refractivity contribution in [3.63, 3.8) is 0 Å². The maximum Gasteiger partial charge on any atom is 0.229 e. The minimum atomic E-state index is -0.339. The molecular weight excluding hydrogens is 356 g/mol. The van der Waals surface area contributed by atoms with E-state index in [1.807, 2.05) is 48.5 Å². The summed E-state index contributed by atoms with van der Waals surface area (Å²) in [7, 11) is 0. The van der Waals surface area contributed by atoms with Gasteiger partial charge in [-0.3, -0.25) is 4.79 Å². The van der Waals surface area contributed by atoms with Gasteiger partial charge in [-0.05, 0) is 30.2 Å². The first-order valence-electron chi connectivity index (χ1n) is 7.69. The van der Waals surface area contributed by atoms with Crippen LogP contribution >= 0.6 is 15.9 Å². The molecule has 3 rings (SSSR count). The van der Waals surface area contributed by atoms with E-state index in [9.17, 15) is 4.79 Å². The maximum absolute atomic E-state index is 12.8. The fourth-order valence-corrected chi connectivity index (χ4v) is 3.35. The van der Waals surface area contributed by atoms with Gasteiger partial charge in [-0.2, -0.15) is 0 Å².